The Labute approximate surface area is 73.9 Å². The van der Waals surface area contributed by atoms with Crippen molar-refractivity contribution in [3.63, 3.8) is 0 Å². The van der Waals surface area contributed by atoms with E-state index in [1.54, 1.807) is 24.4 Å². The maximum atomic E-state index is 10.8. The van der Waals surface area contributed by atoms with Gasteiger partial charge < -0.3 is 0 Å². The predicted molar refractivity (Wildman–Crippen MR) is 36.8 cm³/mol. The molecule has 0 amide bonds. The number of hydrogen-bond donors (Lipinski definition) is 0. The summed E-state index contributed by atoms with van der Waals surface area (Å²) in [4.78, 5) is 14.6. The number of carbonyl (C=O) groups is 1. The van der Waals surface area contributed by atoms with Crippen LogP contribution in [0, 0.1) is 0 Å². The van der Waals surface area contributed by atoms with E-state index in [2.05, 4.69) is 7.80 Å². The number of carbonyl (C=O) groups excluding carboxylic acids is 1. The molecule has 4 heteroatoms. The van der Waals surface area contributed by atoms with E-state index in [0.29, 0.717) is 30.9 Å². The van der Waals surface area contributed by atoms with Crippen molar-refractivity contribution in [1.29, 1.82) is 0 Å². The summed E-state index contributed by atoms with van der Waals surface area (Å²) >= 11 is 0.418. The first kappa shape index (κ1) is 7.61. The van der Waals surface area contributed by atoms with E-state index in [9.17, 15) is 4.79 Å². The molecule has 0 spiro atoms. The first-order valence-electron chi connectivity index (χ1n) is 2.63. The zero-order valence-corrected chi connectivity index (χ0v) is 8.96. The van der Waals surface area contributed by atoms with E-state index in [1.807, 2.05) is 0 Å². The zero-order valence-electron chi connectivity index (χ0n) is 5.07. The molecule has 1 aromatic rings. The fraction of sp³-hybridized carbons (Fsp3) is 0. The Morgan fingerprint density at radius 3 is 2.90 bits per heavy atom. The average Bonchev–Trinajstić information content (AvgIpc) is 2.05. The van der Waals surface area contributed by atoms with Crippen LogP contribution in [0.3, 0.4) is 0 Å². The molecule has 0 unspecified atom stereocenters. The quantitative estimate of drug-likeness (QED) is 0.683. The number of rotatable bonds is 1. The van der Waals surface area contributed by atoms with E-state index in [-0.39, 0.29) is 5.97 Å². The number of aromatic nitrogens is 1. The summed E-state index contributed by atoms with van der Waals surface area (Å²) in [6, 6.07) is 5.13. The van der Waals surface area contributed by atoms with Crippen molar-refractivity contribution in [2.45, 2.75) is 0 Å². The summed E-state index contributed by atoms with van der Waals surface area (Å²) in [5.41, 5.74) is 0.373. The molecule has 0 saturated heterocycles. The molecular formula is C6H5BiNO2. The van der Waals surface area contributed by atoms with Gasteiger partial charge in [0, 0.05) is 0 Å². The van der Waals surface area contributed by atoms with Crippen LogP contribution in [-0.2, 0) is 2.81 Å². The molecule has 3 nitrogen and oxygen atoms in total. The van der Waals surface area contributed by atoms with Crippen molar-refractivity contribution in [3.05, 3.63) is 30.1 Å². The molecule has 0 saturated carbocycles. The predicted octanol–water partition coefficient (Wildman–Crippen LogP) is 0.0542. The van der Waals surface area contributed by atoms with E-state index in [4.69, 9.17) is 0 Å². The Kier molecular flexibility index (Phi) is 2.75. The monoisotopic (exact) mass is 332 g/mol. The van der Waals surface area contributed by atoms with Crippen LogP contribution in [0.15, 0.2) is 24.4 Å². The summed E-state index contributed by atoms with van der Waals surface area (Å²) in [5, 5.41) is 0. The molecule has 0 bridgehead atoms. The molecule has 0 aliphatic carbocycles. The van der Waals surface area contributed by atoms with E-state index in [1.165, 1.54) is 0 Å². The minimum absolute atomic E-state index is 0.340. The molecule has 1 heterocycles. The molecule has 0 N–H and O–H groups in total. The summed E-state index contributed by atoms with van der Waals surface area (Å²) in [6.07, 6.45) is 1.56. The fourth-order valence-corrected chi connectivity index (χ4v) is 0.942. The van der Waals surface area contributed by atoms with E-state index >= 15 is 0 Å². The van der Waals surface area contributed by atoms with Gasteiger partial charge in [-0.15, -0.1) is 0 Å². The third kappa shape index (κ3) is 1.74. The average molecular weight is 332 g/mol. The maximum absolute atomic E-state index is 10.8. The summed E-state index contributed by atoms with van der Waals surface area (Å²) in [5.74, 6) is -0.340. The van der Waals surface area contributed by atoms with Crippen LogP contribution in [0.1, 0.15) is 10.5 Å². The van der Waals surface area contributed by atoms with Gasteiger partial charge in [0.1, 0.15) is 0 Å². The summed E-state index contributed by atoms with van der Waals surface area (Å²) < 4.78 is 4.57. The van der Waals surface area contributed by atoms with Crippen LogP contribution in [0.25, 0.3) is 0 Å². The molecule has 51 valence electrons. The second-order valence-corrected chi connectivity index (χ2v) is 2.40. The second-order valence-electron chi connectivity index (χ2n) is 1.60. The number of hydrogen-bond acceptors (Lipinski definition) is 3. The van der Waals surface area contributed by atoms with Crippen molar-refractivity contribution in [3.8, 4) is 0 Å². The molecule has 1 aromatic heterocycles. The third-order valence-electron chi connectivity index (χ3n) is 0.967. The zero-order chi connectivity index (χ0) is 7.40. The fourth-order valence-electron chi connectivity index (χ4n) is 0.536. The molecule has 0 aliphatic heterocycles. The Morgan fingerprint density at radius 2 is 2.40 bits per heavy atom. The van der Waals surface area contributed by atoms with E-state index in [0.717, 1.165) is 0 Å². The van der Waals surface area contributed by atoms with Gasteiger partial charge in [0.25, 0.3) is 0 Å². The summed E-state index contributed by atoms with van der Waals surface area (Å²) in [6.45, 7) is 0. The van der Waals surface area contributed by atoms with Gasteiger partial charge >= 0.3 is 73.8 Å². The second kappa shape index (κ2) is 3.62. The molecule has 0 fully saturated rings. The van der Waals surface area contributed by atoms with E-state index < -0.39 is 0 Å². The van der Waals surface area contributed by atoms with Gasteiger partial charge in [-0.1, -0.05) is 0 Å². The van der Waals surface area contributed by atoms with Crippen LogP contribution >= 0.6 is 0 Å². The van der Waals surface area contributed by atoms with Crippen LogP contribution in [0.2, 0.25) is 0 Å². The minimum atomic E-state index is -0.340. The van der Waals surface area contributed by atoms with Crippen molar-refractivity contribution in [2.75, 3.05) is 0 Å². The number of nitrogens with zero attached hydrogens (tertiary/aromatic N) is 1. The molecule has 10 heavy (non-hydrogen) atoms. The van der Waals surface area contributed by atoms with Crippen LogP contribution in [0.4, 0.5) is 0 Å². The van der Waals surface area contributed by atoms with Crippen LogP contribution in [-0.4, -0.2) is 36.1 Å². The van der Waals surface area contributed by atoms with Crippen LogP contribution in [0.5, 0.6) is 0 Å². The van der Waals surface area contributed by atoms with Gasteiger partial charge in [0.15, 0.2) is 0 Å². The Morgan fingerprint density at radius 1 is 1.60 bits per heavy atom. The first-order chi connectivity index (χ1) is 4.84. The van der Waals surface area contributed by atoms with Crippen molar-refractivity contribution in [2.24, 2.45) is 0 Å². The SMILES string of the molecule is O=C([O][BiH])c1ccccn1. The van der Waals surface area contributed by atoms with Gasteiger partial charge in [-0.05, 0) is 0 Å². The topological polar surface area (TPSA) is 39.2 Å². The third-order valence-corrected chi connectivity index (χ3v) is 1.69. The van der Waals surface area contributed by atoms with Gasteiger partial charge in [-0.2, -0.15) is 0 Å². The normalized spacial score (nSPS) is 8.90. The Balaban J connectivity index is 2.85. The van der Waals surface area contributed by atoms with Gasteiger partial charge in [-0.3, -0.25) is 0 Å². The van der Waals surface area contributed by atoms with Crippen molar-refractivity contribution >= 4 is 31.1 Å². The molecule has 0 atom stereocenters. The molecule has 0 aliphatic rings. The Hall–Kier alpha value is -0.497. The Bertz CT molecular complexity index is 224. The van der Waals surface area contributed by atoms with Crippen LogP contribution < -0.4 is 0 Å². The van der Waals surface area contributed by atoms with Crippen molar-refractivity contribution < 1.29 is 7.61 Å². The first-order valence-corrected chi connectivity index (χ1v) is 4.22. The molecule has 0 aromatic carbocycles. The summed E-state index contributed by atoms with van der Waals surface area (Å²) in [7, 11) is 0. The van der Waals surface area contributed by atoms with Gasteiger partial charge in [0.2, 0.25) is 0 Å². The van der Waals surface area contributed by atoms with Crippen molar-refractivity contribution in [1.82, 2.24) is 4.98 Å². The van der Waals surface area contributed by atoms with Gasteiger partial charge in [-0.25, -0.2) is 0 Å². The van der Waals surface area contributed by atoms with Gasteiger partial charge in [0.05, 0.1) is 0 Å². The number of pyridine rings is 1. The standard InChI is InChI=1S/C6H5NO2.Bi.H/c8-6(9)5-3-1-2-4-7-5;;/h1-4H,(H,8,9);;/q;+1;/p-1. The molecule has 1 rings (SSSR count). The molecule has 1 radical (unpaired) electrons. The molecular weight excluding hydrogens is 327 g/mol.